The van der Waals surface area contributed by atoms with E-state index in [0.29, 0.717) is 6.10 Å². The Morgan fingerprint density at radius 3 is 3.00 bits per heavy atom. The van der Waals surface area contributed by atoms with Crippen LogP contribution in [0, 0.1) is 0 Å². The highest BCUT2D eigenvalue weighted by Gasteiger charge is 1.99. The zero-order valence-electron chi connectivity index (χ0n) is 7.73. The van der Waals surface area contributed by atoms with Crippen LogP contribution in [-0.4, -0.2) is 22.3 Å². The van der Waals surface area contributed by atoms with Gasteiger partial charge in [-0.1, -0.05) is 0 Å². The molecule has 0 aromatic carbocycles. The smallest absolute Gasteiger partial charge is 0.0945 e. The van der Waals surface area contributed by atoms with E-state index >= 15 is 0 Å². The summed E-state index contributed by atoms with van der Waals surface area (Å²) in [5, 5.41) is 0. The third-order valence-corrected chi connectivity index (χ3v) is 1.80. The number of nitrogens with zero attached hydrogens (tertiary/aromatic N) is 2. The van der Waals surface area contributed by atoms with Gasteiger partial charge in [0, 0.05) is 25.5 Å². The molecule has 1 aromatic rings. The van der Waals surface area contributed by atoms with Crippen LogP contribution in [0.5, 0.6) is 0 Å². The average Bonchev–Trinajstić information content (AvgIpc) is 2.53. The molecule has 0 spiro atoms. The van der Waals surface area contributed by atoms with Gasteiger partial charge in [0.2, 0.25) is 0 Å². The number of hydrogen-bond acceptors (Lipinski definition) is 2. The molecule has 0 amide bonds. The summed E-state index contributed by atoms with van der Waals surface area (Å²) in [6, 6.07) is 0. The molecule has 0 radical (unpaired) electrons. The van der Waals surface area contributed by atoms with E-state index in [1.165, 1.54) is 0 Å². The Morgan fingerprint density at radius 1 is 1.58 bits per heavy atom. The lowest BCUT2D eigenvalue weighted by molar-refractivity contribution is 0.0671. The minimum Gasteiger partial charge on any atom is -0.379 e. The van der Waals surface area contributed by atoms with Crippen LogP contribution >= 0.6 is 0 Å². The third kappa shape index (κ3) is 3.05. The molecular weight excluding hydrogens is 152 g/mol. The summed E-state index contributed by atoms with van der Waals surface area (Å²) >= 11 is 0. The first-order valence-electron chi connectivity index (χ1n) is 4.40. The van der Waals surface area contributed by atoms with E-state index in [-0.39, 0.29) is 0 Å². The molecule has 0 fully saturated rings. The topological polar surface area (TPSA) is 27.1 Å². The Hall–Kier alpha value is -0.830. The molecule has 3 nitrogen and oxygen atoms in total. The van der Waals surface area contributed by atoms with Crippen LogP contribution in [0.2, 0.25) is 0 Å². The van der Waals surface area contributed by atoms with Crippen molar-refractivity contribution >= 4 is 0 Å². The van der Waals surface area contributed by atoms with E-state index in [2.05, 4.69) is 16.5 Å². The van der Waals surface area contributed by atoms with E-state index in [0.717, 1.165) is 19.6 Å². The lowest BCUT2D eigenvalue weighted by Crippen LogP contribution is -2.11. The van der Waals surface area contributed by atoms with Crippen molar-refractivity contribution in [3.05, 3.63) is 18.7 Å². The highest BCUT2D eigenvalue weighted by Crippen LogP contribution is 1.99. The Balaban J connectivity index is 2.17. The van der Waals surface area contributed by atoms with Gasteiger partial charge in [0.1, 0.15) is 0 Å². The third-order valence-electron chi connectivity index (χ3n) is 1.80. The first-order chi connectivity index (χ1) is 5.83. The van der Waals surface area contributed by atoms with Crippen molar-refractivity contribution in [1.82, 2.24) is 9.55 Å². The van der Waals surface area contributed by atoms with E-state index in [4.69, 9.17) is 4.74 Å². The molecule has 12 heavy (non-hydrogen) atoms. The fourth-order valence-electron chi connectivity index (χ4n) is 1.12. The maximum absolute atomic E-state index is 5.41. The number of ether oxygens (including phenoxy) is 1. The molecule has 0 aliphatic carbocycles. The van der Waals surface area contributed by atoms with Gasteiger partial charge in [0.25, 0.3) is 0 Å². The standard InChI is InChI=1S/C9H16N2O/c1-3-12-9(2)4-6-11-7-5-10-8-11/h5,7-9H,3-4,6H2,1-2H3. The van der Waals surface area contributed by atoms with Crippen LogP contribution < -0.4 is 0 Å². The van der Waals surface area contributed by atoms with E-state index in [9.17, 15) is 0 Å². The van der Waals surface area contributed by atoms with E-state index in [1.54, 1.807) is 6.20 Å². The molecular formula is C9H16N2O. The Kier molecular flexibility index (Phi) is 3.80. The van der Waals surface area contributed by atoms with Crippen molar-refractivity contribution in [2.75, 3.05) is 6.61 Å². The number of aryl methyl sites for hydroxylation is 1. The van der Waals surface area contributed by atoms with Crippen molar-refractivity contribution in [3.63, 3.8) is 0 Å². The highest BCUT2D eigenvalue weighted by molar-refractivity contribution is 4.74. The van der Waals surface area contributed by atoms with E-state index in [1.807, 2.05) is 19.4 Å². The Bertz CT molecular complexity index is 196. The predicted octanol–water partition coefficient (Wildman–Crippen LogP) is 1.70. The molecule has 0 saturated heterocycles. The largest absolute Gasteiger partial charge is 0.379 e. The van der Waals surface area contributed by atoms with Gasteiger partial charge in [-0.3, -0.25) is 0 Å². The zero-order valence-corrected chi connectivity index (χ0v) is 7.73. The van der Waals surface area contributed by atoms with Gasteiger partial charge in [0.05, 0.1) is 12.4 Å². The molecule has 1 aromatic heterocycles. The molecule has 1 heterocycles. The van der Waals surface area contributed by atoms with Crippen LogP contribution in [-0.2, 0) is 11.3 Å². The van der Waals surface area contributed by atoms with Crippen LogP contribution in [0.25, 0.3) is 0 Å². The molecule has 1 unspecified atom stereocenters. The lowest BCUT2D eigenvalue weighted by atomic mass is 10.3. The SMILES string of the molecule is CCOC(C)CCn1ccnc1. The minimum absolute atomic E-state index is 0.345. The predicted molar refractivity (Wildman–Crippen MR) is 47.9 cm³/mol. The zero-order chi connectivity index (χ0) is 8.81. The van der Waals surface area contributed by atoms with Gasteiger partial charge >= 0.3 is 0 Å². The lowest BCUT2D eigenvalue weighted by Gasteiger charge is -2.10. The number of rotatable bonds is 5. The van der Waals surface area contributed by atoms with Gasteiger partial charge < -0.3 is 9.30 Å². The molecule has 0 N–H and O–H groups in total. The molecule has 68 valence electrons. The summed E-state index contributed by atoms with van der Waals surface area (Å²) in [4.78, 5) is 3.97. The van der Waals surface area contributed by atoms with Gasteiger partial charge in [-0.15, -0.1) is 0 Å². The van der Waals surface area contributed by atoms with Gasteiger partial charge in [0.15, 0.2) is 0 Å². The Morgan fingerprint density at radius 2 is 2.42 bits per heavy atom. The summed E-state index contributed by atoms with van der Waals surface area (Å²) in [6.07, 6.45) is 6.99. The van der Waals surface area contributed by atoms with Crippen LogP contribution in [0.1, 0.15) is 20.3 Å². The second kappa shape index (κ2) is 4.93. The van der Waals surface area contributed by atoms with E-state index < -0.39 is 0 Å². The normalized spacial score (nSPS) is 13.2. The molecule has 0 bridgehead atoms. The van der Waals surface area contributed by atoms with Crippen molar-refractivity contribution in [2.24, 2.45) is 0 Å². The van der Waals surface area contributed by atoms with Crippen molar-refractivity contribution in [1.29, 1.82) is 0 Å². The van der Waals surface area contributed by atoms with Gasteiger partial charge in [-0.25, -0.2) is 4.98 Å². The first kappa shape index (κ1) is 9.26. The molecule has 1 rings (SSSR count). The summed E-state index contributed by atoms with van der Waals surface area (Å²) in [7, 11) is 0. The van der Waals surface area contributed by atoms with Crippen LogP contribution in [0.4, 0.5) is 0 Å². The molecule has 3 heteroatoms. The second-order valence-corrected chi connectivity index (χ2v) is 2.86. The maximum Gasteiger partial charge on any atom is 0.0945 e. The van der Waals surface area contributed by atoms with Gasteiger partial charge in [-0.2, -0.15) is 0 Å². The quantitative estimate of drug-likeness (QED) is 0.669. The second-order valence-electron chi connectivity index (χ2n) is 2.86. The minimum atomic E-state index is 0.345. The fourth-order valence-corrected chi connectivity index (χ4v) is 1.12. The van der Waals surface area contributed by atoms with Crippen LogP contribution in [0.3, 0.4) is 0 Å². The number of hydrogen-bond donors (Lipinski definition) is 0. The monoisotopic (exact) mass is 168 g/mol. The maximum atomic E-state index is 5.41. The highest BCUT2D eigenvalue weighted by atomic mass is 16.5. The van der Waals surface area contributed by atoms with Crippen molar-refractivity contribution in [3.8, 4) is 0 Å². The average molecular weight is 168 g/mol. The number of aromatic nitrogens is 2. The van der Waals surface area contributed by atoms with Crippen LogP contribution in [0.15, 0.2) is 18.7 Å². The molecule has 1 atom stereocenters. The molecule has 0 aliphatic heterocycles. The summed E-state index contributed by atoms with van der Waals surface area (Å²) < 4.78 is 7.47. The number of imidazole rings is 1. The first-order valence-corrected chi connectivity index (χ1v) is 4.40. The molecule has 0 aliphatic rings. The Labute approximate surface area is 73.4 Å². The molecule has 0 saturated carbocycles. The fraction of sp³-hybridized carbons (Fsp3) is 0.667. The summed E-state index contributed by atoms with van der Waals surface area (Å²) in [5.74, 6) is 0. The van der Waals surface area contributed by atoms with Crippen molar-refractivity contribution in [2.45, 2.75) is 32.9 Å². The van der Waals surface area contributed by atoms with Crippen molar-refractivity contribution < 1.29 is 4.74 Å². The van der Waals surface area contributed by atoms with Gasteiger partial charge in [-0.05, 0) is 20.3 Å². The summed E-state index contributed by atoms with van der Waals surface area (Å²) in [6.45, 7) is 5.90. The summed E-state index contributed by atoms with van der Waals surface area (Å²) in [5.41, 5.74) is 0.